The molecule has 1 aliphatic heterocycles. The highest BCUT2D eigenvalue weighted by Crippen LogP contribution is 2.27. The summed E-state index contributed by atoms with van der Waals surface area (Å²) in [5.41, 5.74) is 1.64. The number of piperidine rings is 1. The fraction of sp³-hybridized carbons (Fsp3) is 0.450. The van der Waals surface area contributed by atoms with Gasteiger partial charge in [0.05, 0.1) is 25.0 Å². The highest BCUT2D eigenvalue weighted by Gasteiger charge is 2.28. The zero-order chi connectivity index (χ0) is 19.2. The predicted molar refractivity (Wildman–Crippen MR) is 120 cm³/mol. The summed E-state index contributed by atoms with van der Waals surface area (Å²) in [4.78, 5) is 22.5. The van der Waals surface area contributed by atoms with Crippen molar-refractivity contribution >= 4 is 35.9 Å². The molecular formula is C20H28IN5O2. The van der Waals surface area contributed by atoms with Crippen LogP contribution in [0.1, 0.15) is 35.3 Å². The SMILES string of the molecule is CN=C(NCc1ccc(C(=O)OC)cc1)N1CCC(C)C(n2ccnc2)C1.I. The minimum absolute atomic E-state index is 0. The molecular weight excluding hydrogens is 469 g/mol. The molecule has 1 N–H and O–H groups in total. The van der Waals surface area contributed by atoms with Gasteiger partial charge in [0, 0.05) is 39.1 Å². The maximum absolute atomic E-state index is 11.5. The van der Waals surface area contributed by atoms with Crippen molar-refractivity contribution in [2.24, 2.45) is 10.9 Å². The number of esters is 1. The van der Waals surface area contributed by atoms with Gasteiger partial charge in [-0.1, -0.05) is 19.1 Å². The van der Waals surface area contributed by atoms with Crippen molar-refractivity contribution in [1.82, 2.24) is 19.8 Å². The van der Waals surface area contributed by atoms with Gasteiger partial charge >= 0.3 is 5.97 Å². The largest absolute Gasteiger partial charge is 0.465 e. The normalized spacial score (nSPS) is 19.7. The molecule has 1 aliphatic rings. The lowest BCUT2D eigenvalue weighted by atomic mass is 9.93. The van der Waals surface area contributed by atoms with Gasteiger partial charge in [-0.15, -0.1) is 24.0 Å². The highest BCUT2D eigenvalue weighted by atomic mass is 127. The Labute approximate surface area is 183 Å². The number of carbonyl (C=O) groups excluding carboxylic acids is 1. The van der Waals surface area contributed by atoms with E-state index >= 15 is 0 Å². The van der Waals surface area contributed by atoms with Crippen LogP contribution in [-0.2, 0) is 11.3 Å². The van der Waals surface area contributed by atoms with Crippen LogP contribution in [0.2, 0.25) is 0 Å². The van der Waals surface area contributed by atoms with Crippen LogP contribution < -0.4 is 5.32 Å². The van der Waals surface area contributed by atoms with E-state index < -0.39 is 0 Å². The standard InChI is InChI=1S/C20H27N5O2.HI/c1-15-8-10-24(13-18(15)25-11-9-22-14-25)20(21-2)23-12-16-4-6-17(7-5-16)19(26)27-3;/h4-7,9,11,14-15,18H,8,10,12-13H2,1-3H3,(H,21,23);1H. The number of methoxy groups -OCH3 is 1. The van der Waals surface area contributed by atoms with Gasteiger partial charge in [-0.2, -0.15) is 0 Å². The second kappa shape index (κ2) is 10.4. The van der Waals surface area contributed by atoms with Crippen LogP contribution in [0.3, 0.4) is 0 Å². The topological polar surface area (TPSA) is 71.8 Å². The second-order valence-corrected chi connectivity index (χ2v) is 6.88. The highest BCUT2D eigenvalue weighted by molar-refractivity contribution is 14.0. The molecule has 28 heavy (non-hydrogen) atoms. The van der Waals surface area contributed by atoms with E-state index in [-0.39, 0.29) is 29.9 Å². The summed E-state index contributed by atoms with van der Waals surface area (Å²) in [5.74, 6) is 1.17. The number of aliphatic imine (C=N–C) groups is 1. The summed E-state index contributed by atoms with van der Waals surface area (Å²) >= 11 is 0. The summed E-state index contributed by atoms with van der Waals surface area (Å²) < 4.78 is 6.92. The molecule has 7 nitrogen and oxygen atoms in total. The number of likely N-dealkylation sites (tertiary alicyclic amines) is 1. The van der Waals surface area contributed by atoms with Crippen LogP contribution in [0.5, 0.6) is 0 Å². The minimum Gasteiger partial charge on any atom is -0.465 e. The van der Waals surface area contributed by atoms with Crippen molar-refractivity contribution in [1.29, 1.82) is 0 Å². The number of ether oxygens (including phenoxy) is 1. The Balaban J connectivity index is 0.00000280. The van der Waals surface area contributed by atoms with Gasteiger partial charge in [0.15, 0.2) is 5.96 Å². The molecule has 1 aromatic heterocycles. The van der Waals surface area contributed by atoms with Gasteiger partial charge < -0.3 is 19.5 Å². The van der Waals surface area contributed by atoms with Crippen LogP contribution >= 0.6 is 24.0 Å². The third-order valence-electron chi connectivity index (χ3n) is 5.16. The van der Waals surface area contributed by atoms with E-state index in [1.54, 1.807) is 12.1 Å². The lowest BCUT2D eigenvalue weighted by molar-refractivity contribution is 0.0600. The fourth-order valence-electron chi connectivity index (χ4n) is 3.48. The second-order valence-electron chi connectivity index (χ2n) is 6.88. The van der Waals surface area contributed by atoms with Gasteiger partial charge in [0.2, 0.25) is 0 Å². The quantitative estimate of drug-likeness (QED) is 0.305. The number of nitrogens with zero attached hydrogens (tertiary/aromatic N) is 4. The van der Waals surface area contributed by atoms with E-state index in [4.69, 9.17) is 4.74 Å². The molecule has 0 spiro atoms. The monoisotopic (exact) mass is 497 g/mol. The van der Waals surface area contributed by atoms with E-state index in [2.05, 4.69) is 31.7 Å². The maximum atomic E-state index is 11.5. The van der Waals surface area contributed by atoms with Crippen LogP contribution in [-0.4, -0.2) is 53.6 Å². The molecule has 0 radical (unpaired) electrons. The summed E-state index contributed by atoms with van der Waals surface area (Å²) in [7, 11) is 3.20. The number of hydrogen-bond acceptors (Lipinski definition) is 4. The Morgan fingerprint density at radius 2 is 2.11 bits per heavy atom. The molecule has 0 aliphatic carbocycles. The molecule has 1 saturated heterocycles. The number of rotatable bonds is 4. The van der Waals surface area contributed by atoms with Gasteiger partial charge in [0.1, 0.15) is 0 Å². The van der Waals surface area contributed by atoms with Crippen molar-refractivity contribution in [3.63, 3.8) is 0 Å². The molecule has 2 unspecified atom stereocenters. The first-order valence-electron chi connectivity index (χ1n) is 9.22. The van der Waals surface area contributed by atoms with Crippen LogP contribution in [0.4, 0.5) is 0 Å². The average Bonchev–Trinajstić information content (AvgIpc) is 3.24. The van der Waals surface area contributed by atoms with E-state index in [0.717, 1.165) is 31.0 Å². The molecule has 152 valence electrons. The third-order valence-corrected chi connectivity index (χ3v) is 5.16. The number of nitrogens with one attached hydrogen (secondary N) is 1. The third kappa shape index (κ3) is 5.24. The van der Waals surface area contributed by atoms with Gasteiger partial charge in [0.25, 0.3) is 0 Å². The zero-order valence-corrected chi connectivity index (χ0v) is 18.9. The van der Waals surface area contributed by atoms with Crippen molar-refractivity contribution in [3.05, 3.63) is 54.1 Å². The molecule has 1 aromatic carbocycles. The molecule has 8 heteroatoms. The van der Waals surface area contributed by atoms with E-state index in [1.807, 2.05) is 37.9 Å². The molecule has 2 heterocycles. The van der Waals surface area contributed by atoms with Crippen LogP contribution in [0.25, 0.3) is 0 Å². The molecule has 2 aromatic rings. The summed E-state index contributed by atoms with van der Waals surface area (Å²) in [5, 5.41) is 3.43. The summed E-state index contributed by atoms with van der Waals surface area (Å²) in [6, 6.07) is 7.81. The average molecular weight is 497 g/mol. The molecule has 0 saturated carbocycles. The summed E-state index contributed by atoms with van der Waals surface area (Å²) in [6.07, 6.45) is 6.86. The smallest absolute Gasteiger partial charge is 0.337 e. The predicted octanol–water partition coefficient (Wildman–Crippen LogP) is 2.95. The van der Waals surface area contributed by atoms with Crippen molar-refractivity contribution < 1.29 is 9.53 Å². The molecule has 0 bridgehead atoms. The first kappa shape index (κ1) is 22.2. The molecule has 3 rings (SSSR count). The summed E-state index contributed by atoms with van der Waals surface area (Å²) in [6.45, 7) is 4.82. The Bertz CT molecular complexity index is 776. The Hall–Kier alpha value is -2.10. The first-order valence-corrected chi connectivity index (χ1v) is 9.22. The number of guanidine groups is 1. The van der Waals surface area contributed by atoms with E-state index in [1.165, 1.54) is 7.11 Å². The lowest BCUT2D eigenvalue weighted by Crippen LogP contribution is -2.48. The minimum atomic E-state index is -0.321. The Morgan fingerprint density at radius 1 is 1.36 bits per heavy atom. The molecule has 2 atom stereocenters. The lowest BCUT2D eigenvalue weighted by Gasteiger charge is -2.39. The number of aromatic nitrogens is 2. The number of carbonyl (C=O) groups is 1. The zero-order valence-electron chi connectivity index (χ0n) is 16.5. The number of halogens is 1. The molecule has 0 amide bonds. The van der Waals surface area contributed by atoms with Crippen molar-refractivity contribution in [3.8, 4) is 0 Å². The Kier molecular flexibility index (Phi) is 8.28. The molecule has 1 fully saturated rings. The van der Waals surface area contributed by atoms with E-state index in [9.17, 15) is 4.79 Å². The Morgan fingerprint density at radius 3 is 2.71 bits per heavy atom. The number of hydrogen-bond donors (Lipinski definition) is 1. The maximum Gasteiger partial charge on any atom is 0.337 e. The van der Waals surface area contributed by atoms with Crippen molar-refractivity contribution in [2.45, 2.75) is 25.9 Å². The van der Waals surface area contributed by atoms with Gasteiger partial charge in [-0.25, -0.2) is 9.78 Å². The number of benzene rings is 1. The van der Waals surface area contributed by atoms with Crippen LogP contribution in [0.15, 0.2) is 48.0 Å². The van der Waals surface area contributed by atoms with E-state index in [0.29, 0.717) is 24.1 Å². The van der Waals surface area contributed by atoms with Crippen molar-refractivity contribution in [2.75, 3.05) is 27.2 Å². The number of imidazole rings is 1. The fourth-order valence-corrected chi connectivity index (χ4v) is 3.48. The first-order chi connectivity index (χ1) is 13.1. The van der Waals surface area contributed by atoms with Gasteiger partial charge in [-0.3, -0.25) is 4.99 Å². The van der Waals surface area contributed by atoms with Crippen LogP contribution in [0, 0.1) is 5.92 Å². The van der Waals surface area contributed by atoms with Gasteiger partial charge in [-0.05, 0) is 30.0 Å².